The smallest absolute Gasteiger partial charge is 0.263 e. The number of aryl methyl sites for hydroxylation is 1. The van der Waals surface area contributed by atoms with Gasteiger partial charge < -0.3 is 9.88 Å². The van der Waals surface area contributed by atoms with Crippen molar-refractivity contribution in [2.24, 2.45) is 0 Å². The van der Waals surface area contributed by atoms with Crippen LogP contribution < -0.4 is 10.9 Å². The highest BCUT2D eigenvalue weighted by Gasteiger charge is 2.30. The predicted molar refractivity (Wildman–Crippen MR) is 120 cm³/mol. The minimum atomic E-state index is -0.244. The molecule has 0 spiro atoms. The van der Waals surface area contributed by atoms with E-state index in [-0.39, 0.29) is 23.1 Å². The Morgan fingerprint density at radius 3 is 2.63 bits per heavy atom. The Bertz CT molecular complexity index is 928. The molecule has 1 saturated heterocycles. The maximum absolute atomic E-state index is 12.9. The van der Waals surface area contributed by atoms with Crippen molar-refractivity contribution < 1.29 is 4.79 Å². The molecule has 0 bridgehead atoms. The van der Waals surface area contributed by atoms with E-state index in [0.29, 0.717) is 12.6 Å². The lowest BCUT2D eigenvalue weighted by molar-refractivity contribution is 0.0933. The largest absolute Gasteiger partial charge is 0.348 e. The summed E-state index contributed by atoms with van der Waals surface area (Å²) in [7, 11) is 0. The number of amides is 1. The van der Waals surface area contributed by atoms with Crippen molar-refractivity contribution in [1.82, 2.24) is 14.8 Å². The van der Waals surface area contributed by atoms with Crippen LogP contribution in [-0.4, -0.2) is 40.5 Å². The Balaban J connectivity index is 1.39. The number of nitrogens with one attached hydrogen (secondary N) is 1. The maximum Gasteiger partial charge on any atom is 0.263 e. The minimum Gasteiger partial charge on any atom is -0.348 e. The molecule has 2 aromatic rings. The van der Waals surface area contributed by atoms with Crippen molar-refractivity contribution in [1.29, 1.82) is 0 Å². The molecule has 2 aliphatic rings. The minimum absolute atomic E-state index is 0.130. The van der Waals surface area contributed by atoms with Crippen LogP contribution in [-0.2, 0) is 6.54 Å². The molecule has 1 unspecified atom stereocenters. The molecule has 1 atom stereocenters. The maximum atomic E-state index is 12.9. The number of pyridine rings is 1. The topological polar surface area (TPSA) is 54.3 Å². The molecular formula is C25H33N3O2. The number of carbonyl (C=O) groups is 1. The van der Waals surface area contributed by atoms with Gasteiger partial charge in [0.25, 0.3) is 11.5 Å². The first kappa shape index (κ1) is 20.9. The van der Waals surface area contributed by atoms with E-state index in [0.717, 1.165) is 30.6 Å². The monoisotopic (exact) mass is 407 g/mol. The van der Waals surface area contributed by atoms with Gasteiger partial charge in [-0.05, 0) is 43.9 Å². The lowest BCUT2D eigenvalue weighted by atomic mass is 10.1. The first-order valence-electron chi connectivity index (χ1n) is 11.4. The van der Waals surface area contributed by atoms with E-state index in [1.807, 2.05) is 25.1 Å². The molecule has 1 saturated carbocycles. The summed E-state index contributed by atoms with van der Waals surface area (Å²) >= 11 is 0. The number of benzene rings is 1. The summed E-state index contributed by atoms with van der Waals surface area (Å²) in [6.45, 7) is 4.46. The molecule has 2 fully saturated rings. The zero-order valence-corrected chi connectivity index (χ0v) is 18.0. The van der Waals surface area contributed by atoms with Crippen molar-refractivity contribution in [2.45, 2.75) is 70.5 Å². The fraction of sp³-hybridized carbons (Fsp3) is 0.520. The van der Waals surface area contributed by atoms with Crippen molar-refractivity contribution >= 4 is 5.91 Å². The van der Waals surface area contributed by atoms with Gasteiger partial charge in [-0.3, -0.25) is 14.5 Å². The van der Waals surface area contributed by atoms with Gasteiger partial charge in [-0.1, -0.05) is 55.5 Å². The van der Waals surface area contributed by atoms with Crippen molar-refractivity contribution in [3.05, 3.63) is 69.6 Å². The molecule has 1 aromatic carbocycles. The Kier molecular flexibility index (Phi) is 6.68. The third kappa shape index (κ3) is 5.01. The van der Waals surface area contributed by atoms with Gasteiger partial charge in [0.1, 0.15) is 5.56 Å². The molecule has 1 aliphatic heterocycles. The molecular weight excluding hydrogens is 374 g/mol. The first-order chi connectivity index (χ1) is 14.6. The molecule has 160 valence electrons. The molecule has 30 heavy (non-hydrogen) atoms. The van der Waals surface area contributed by atoms with Gasteiger partial charge in [0, 0.05) is 31.4 Å². The normalized spacial score (nSPS) is 20.8. The Labute approximate surface area is 179 Å². The molecule has 1 aliphatic carbocycles. The number of carbonyl (C=O) groups excluding carboxylic acids is 1. The summed E-state index contributed by atoms with van der Waals surface area (Å²) in [5, 5.41) is 3.13. The van der Waals surface area contributed by atoms with Gasteiger partial charge in [-0.2, -0.15) is 0 Å². The van der Waals surface area contributed by atoms with Gasteiger partial charge in [0.05, 0.1) is 6.54 Å². The number of likely N-dealkylation sites (tertiary alicyclic amines) is 1. The lowest BCUT2D eigenvalue weighted by Crippen LogP contribution is -2.41. The summed E-state index contributed by atoms with van der Waals surface area (Å²) in [5.74, 6) is -0.244. The molecule has 0 radical (unpaired) electrons. The summed E-state index contributed by atoms with van der Waals surface area (Å²) in [5.41, 5.74) is 2.23. The van der Waals surface area contributed by atoms with Gasteiger partial charge in [0.15, 0.2) is 0 Å². The molecule has 5 heteroatoms. The van der Waals surface area contributed by atoms with E-state index in [1.54, 1.807) is 22.9 Å². The van der Waals surface area contributed by atoms with Crippen molar-refractivity contribution in [3.8, 4) is 0 Å². The first-order valence-corrected chi connectivity index (χ1v) is 11.4. The van der Waals surface area contributed by atoms with E-state index in [4.69, 9.17) is 0 Å². The van der Waals surface area contributed by atoms with E-state index < -0.39 is 0 Å². The zero-order valence-electron chi connectivity index (χ0n) is 18.0. The average Bonchev–Trinajstić information content (AvgIpc) is 3.02. The highest BCUT2D eigenvalue weighted by molar-refractivity contribution is 5.94. The van der Waals surface area contributed by atoms with Gasteiger partial charge in [0.2, 0.25) is 0 Å². The van der Waals surface area contributed by atoms with Crippen LogP contribution in [0, 0.1) is 6.92 Å². The molecule has 4 rings (SSSR count). The van der Waals surface area contributed by atoms with Crippen molar-refractivity contribution in [3.63, 3.8) is 0 Å². The molecule has 1 aromatic heterocycles. The summed E-state index contributed by atoms with van der Waals surface area (Å²) < 4.78 is 1.62. The second-order valence-corrected chi connectivity index (χ2v) is 8.94. The van der Waals surface area contributed by atoms with Crippen LogP contribution in [0.15, 0.2) is 47.4 Å². The van der Waals surface area contributed by atoms with Crippen LogP contribution in [0.3, 0.4) is 0 Å². The number of nitrogens with zero attached hydrogens (tertiary/aromatic N) is 2. The Morgan fingerprint density at radius 1 is 1.07 bits per heavy atom. The van der Waals surface area contributed by atoms with Gasteiger partial charge >= 0.3 is 0 Å². The summed E-state index contributed by atoms with van der Waals surface area (Å²) in [4.78, 5) is 28.3. The van der Waals surface area contributed by atoms with Gasteiger partial charge in [-0.15, -0.1) is 0 Å². The number of rotatable bonds is 5. The lowest BCUT2D eigenvalue weighted by Gasteiger charge is -2.26. The van der Waals surface area contributed by atoms with Crippen LogP contribution in [0.25, 0.3) is 0 Å². The number of hydrogen-bond acceptors (Lipinski definition) is 3. The molecule has 2 heterocycles. The van der Waals surface area contributed by atoms with E-state index in [2.05, 4.69) is 16.3 Å². The third-order valence-electron chi connectivity index (χ3n) is 6.60. The SMILES string of the molecule is Cc1cccc(Cn2cccc(C(=O)NC3CCN(C4CCCCCC4)C3)c2=O)c1. The summed E-state index contributed by atoms with van der Waals surface area (Å²) in [6, 6.07) is 12.3. The van der Waals surface area contributed by atoms with Crippen LogP contribution in [0.4, 0.5) is 0 Å². The summed E-state index contributed by atoms with van der Waals surface area (Å²) in [6.07, 6.45) is 10.6. The van der Waals surface area contributed by atoms with E-state index >= 15 is 0 Å². The van der Waals surface area contributed by atoms with Crippen LogP contribution >= 0.6 is 0 Å². The Morgan fingerprint density at radius 2 is 1.87 bits per heavy atom. The quantitative estimate of drug-likeness (QED) is 0.769. The highest BCUT2D eigenvalue weighted by Crippen LogP contribution is 2.25. The Hall–Kier alpha value is -2.40. The highest BCUT2D eigenvalue weighted by atomic mass is 16.2. The average molecular weight is 408 g/mol. The van der Waals surface area contributed by atoms with Crippen LogP contribution in [0.5, 0.6) is 0 Å². The second-order valence-electron chi connectivity index (χ2n) is 8.94. The van der Waals surface area contributed by atoms with E-state index in [9.17, 15) is 9.59 Å². The molecule has 1 amide bonds. The molecule has 1 N–H and O–H groups in total. The number of aromatic nitrogens is 1. The van der Waals surface area contributed by atoms with Crippen molar-refractivity contribution in [2.75, 3.05) is 13.1 Å². The standard InChI is InChI=1S/C25H33N3O2/c1-19-8-6-9-20(16-19)17-28-14-7-12-23(25(28)30)24(29)26-21-13-15-27(18-21)22-10-4-2-3-5-11-22/h6-9,12,14,16,21-22H,2-5,10-11,13,15,17-18H2,1H3,(H,26,29). The number of hydrogen-bond donors (Lipinski definition) is 1. The van der Waals surface area contributed by atoms with Crippen LogP contribution in [0.1, 0.15) is 66.4 Å². The van der Waals surface area contributed by atoms with Crippen LogP contribution in [0.2, 0.25) is 0 Å². The molecule has 5 nitrogen and oxygen atoms in total. The zero-order chi connectivity index (χ0) is 20.9. The van der Waals surface area contributed by atoms with Gasteiger partial charge in [-0.25, -0.2) is 0 Å². The third-order valence-corrected chi connectivity index (χ3v) is 6.60. The fourth-order valence-electron chi connectivity index (χ4n) is 4.96. The second kappa shape index (κ2) is 9.61. The fourth-order valence-corrected chi connectivity index (χ4v) is 4.96. The van der Waals surface area contributed by atoms with E-state index in [1.165, 1.54) is 38.5 Å². The predicted octanol–water partition coefficient (Wildman–Crippen LogP) is 3.73.